The molecule has 0 spiro atoms. The lowest BCUT2D eigenvalue weighted by molar-refractivity contribution is -0.150. The van der Waals surface area contributed by atoms with Crippen LogP contribution in [0.4, 0.5) is 5.13 Å². The van der Waals surface area contributed by atoms with Gasteiger partial charge in [-0.05, 0) is 50.6 Å². The Hall–Kier alpha value is -5.98. The number of carboxylic acids is 1. The molecule has 0 radical (unpaired) electrons. The molecule has 5 heterocycles. The van der Waals surface area contributed by atoms with Gasteiger partial charge in [0.2, 0.25) is 5.60 Å². The number of phenolic OH excluding ortho intramolecular Hbond substituents is 2. The standard InChI is InChI=1S/C31H31N11O10S3/c1-12-6-19(42-30(33-12)35-18(8-43)39-42)53-9-14-10-54-26-21(25(48)41(26)22(14)27(49)50)36-24(47)20(15-11-55-29(32)34-15)40-52-31(2,3)28(51)38-37-23(46)13-4-5-16(44)17(45)7-13/h4-7,11,21,26,43-45H,8-10H2,1-3H3,(H2,32,34)(H,36,47)(H,37,46)(H,38,51)(H,49,50). The number of nitrogen functional groups attached to an aromatic ring is 1. The van der Waals surface area contributed by atoms with Crippen LogP contribution >= 0.6 is 34.9 Å². The van der Waals surface area contributed by atoms with Crippen molar-refractivity contribution in [1.82, 2.24) is 45.6 Å². The minimum atomic E-state index is -1.81. The maximum absolute atomic E-state index is 13.6. The molecule has 0 saturated carbocycles. The number of aromatic nitrogens is 5. The van der Waals surface area contributed by atoms with Gasteiger partial charge in [-0.1, -0.05) is 5.16 Å². The van der Waals surface area contributed by atoms with Crippen molar-refractivity contribution in [3.8, 4) is 11.5 Å². The number of nitrogens with two attached hydrogens (primary N) is 1. The first-order chi connectivity index (χ1) is 26.1. The Kier molecular flexibility index (Phi) is 10.8. The fraction of sp³-hybridized carbons (Fsp3) is 0.290. The summed E-state index contributed by atoms with van der Waals surface area (Å²) in [6, 6.07) is 3.85. The van der Waals surface area contributed by atoms with Crippen LogP contribution in [0.5, 0.6) is 11.5 Å². The second-order valence-electron chi connectivity index (χ2n) is 12.3. The number of hydrogen-bond donors (Lipinski definition) is 8. The first-order valence-electron chi connectivity index (χ1n) is 15.9. The summed E-state index contributed by atoms with van der Waals surface area (Å²) in [7, 11) is 0. The SMILES string of the molecule is Cc1cc(SCC2=C(C(=O)O)N3C(=O)C(NC(=O)C(=NOC(C)(C)C(=O)NNC(=O)c4ccc(O)c(O)c4)c4csc(N)n4)C3SC2)n2nc(CO)nc2n1. The van der Waals surface area contributed by atoms with Crippen molar-refractivity contribution in [3.63, 3.8) is 0 Å². The number of hydrazine groups is 1. The third kappa shape index (κ3) is 7.96. The largest absolute Gasteiger partial charge is 0.504 e. The van der Waals surface area contributed by atoms with Crippen molar-refractivity contribution < 1.29 is 49.2 Å². The van der Waals surface area contributed by atoms with Crippen LogP contribution in [0.2, 0.25) is 0 Å². The Labute approximate surface area is 322 Å². The number of phenols is 2. The molecule has 0 aliphatic carbocycles. The third-order valence-electron chi connectivity index (χ3n) is 7.94. The van der Waals surface area contributed by atoms with Crippen molar-refractivity contribution in [2.24, 2.45) is 5.16 Å². The van der Waals surface area contributed by atoms with Crippen molar-refractivity contribution >= 4 is 81.1 Å². The number of nitrogens with one attached hydrogen (secondary N) is 3. The number of thioether (sulfide) groups is 2. The molecule has 55 heavy (non-hydrogen) atoms. The molecule has 0 bridgehead atoms. The van der Waals surface area contributed by atoms with E-state index in [-0.39, 0.29) is 51.8 Å². The number of carbonyl (C=O) groups excluding carboxylic acids is 4. The van der Waals surface area contributed by atoms with E-state index in [1.54, 1.807) is 13.0 Å². The highest BCUT2D eigenvalue weighted by molar-refractivity contribution is 8.01. The summed E-state index contributed by atoms with van der Waals surface area (Å²) in [6.07, 6.45) is 0. The van der Waals surface area contributed by atoms with Gasteiger partial charge in [0.15, 0.2) is 28.2 Å². The molecule has 6 rings (SSSR count). The van der Waals surface area contributed by atoms with Crippen molar-refractivity contribution in [3.05, 3.63) is 63.7 Å². The number of hydrogen-bond acceptors (Lipinski definition) is 18. The quantitative estimate of drug-likeness (QED) is 0.0231. The van der Waals surface area contributed by atoms with E-state index in [9.17, 15) is 44.4 Å². The molecule has 9 N–H and O–H groups in total. The fourth-order valence-electron chi connectivity index (χ4n) is 5.13. The maximum Gasteiger partial charge on any atom is 0.352 e. The summed E-state index contributed by atoms with van der Waals surface area (Å²) in [5.74, 6) is -4.86. The molecule has 1 aromatic carbocycles. The van der Waals surface area contributed by atoms with E-state index in [1.165, 1.54) is 53.3 Å². The number of aromatic hydroxyl groups is 2. The lowest BCUT2D eigenvalue weighted by atomic mass is 10.0. The zero-order chi connectivity index (χ0) is 39.8. The van der Waals surface area contributed by atoms with Gasteiger partial charge in [0.05, 0.1) is 0 Å². The molecule has 1 fully saturated rings. The molecule has 2 aliphatic heterocycles. The Morgan fingerprint density at radius 1 is 1.13 bits per heavy atom. The minimum absolute atomic E-state index is 0.0408. The molecular weight excluding hydrogens is 783 g/mol. The summed E-state index contributed by atoms with van der Waals surface area (Å²) in [6.45, 7) is 3.94. The number of rotatable bonds is 12. The molecule has 2 unspecified atom stereocenters. The van der Waals surface area contributed by atoms with Gasteiger partial charge in [-0.2, -0.15) is 9.50 Å². The van der Waals surface area contributed by atoms with Crippen molar-refractivity contribution in [2.45, 2.75) is 49.4 Å². The molecule has 4 aromatic rings. The molecular formula is C31H31N11O10S3. The Balaban J connectivity index is 1.14. The lowest BCUT2D eigenvalue weighted by Crippen LogP contribution is -2.71. The zero-order valence-corrected chi connectivity index (χ0v) is 31.3. The maximum atomic E-state index is 13.6. The van der Waals surface area contributed by atoms with Gasteiger partial charge < -0.3 is 36.3 Å². The monoisotopic (exact) mass is 813 g/mol. The zero-order valence-electron chi connectivity index (χ0n) is 28.8. The number of anilines is 1. The second kappa shape index (κ2) is 15.4. The summed E-state index contributed by atoms with van der Waals surface area (Å²) in [4.78, 5) is 84.1. The van der Waals surface area contributed by atoms with Crippen LogP contribution < -0.4 is 21.9 Å². The van der Waals surface area contributed by atoms with E-state index in [0.29, 0.717) is 16.3 Å². The topological polar surface area (TPSA) is 309 Å². The number of aryl methyl sites for hydroxylation is 1. The van der Waals surface area contributed by atoms with E-state index in [0.717, 1.165) is 28.4 Å². The molecule has 24 heteroatoms. The van der Waals surface area contributed by atoms with Crippen LogP contribution in [0.1, 0.15) is 41.4 Å². The van der Waals surface area contributed by atoms with Gasteiger partial charge in [0, 0.05) is 28.1 Å². The summed E-state index contributed by atoms with van der Waals surface area (Å²) < 4.78 is 1.44. The first-order valence-corrected chi connectivity index (χ1v) is 18.8. The summed E-state index contributed by atoms with van der Waals surface area (Å²) >= 11 is 3.48. The van der Waals surface area contributed by atoms with E-state index in [2.05, 4.69) is 41.4 Å². The number of oxime groups is 1. The van der Waals surface area contributed by atoms with Gasteiger partial charge in [0.1, 0.15) is 34.4 Å². The Morgan fingerprint density at radius 2 is 1.89 bits per heavy atom. The van der Waals surface area contributed by atoms with Crippen LogP contribution in [-0.2, 0) is 30.6 Å². The predicted molar refractivity (Wildman–Crippen MR) is 195 cm³/mol. The summed E-state index contributed by atoms with van der Waals surface area (Å²) in [5.41, 5.74) is 8.56. The molecule has 2 atom stereocenters. The van der Waals surface area contributed by atoms with Gasteiger partial charge >= 0.3 is 5.97 Å². The lowest BCUT2D eigenvalue weighted by Gasteiger charge is -2.49. The number of aliphatic carboxylic acids is 1. The van der Waals surface area contributed by atoms with Crippen LogP contribution in [0.3, 0.4) is 0 Å². The van der Waals surface area contributed by atoms with Crippen molar-refractivity contribution in [1.29, 1.82) is 0 Å². The highest BCUT2D eigenvalue weighted by Gasteiger charge is 2.54. The number of carboxylic acid groups (broad SMARTS) is 1. The summed E-state index contributed by atoms with van der Waals surface area (Å²) in [5, 5.41) is 50.7. The van der Waals surface area contributed by atoms with Crippen LogP contribution in [-0.4, -0.2) is 114 Å². The smallest absolute Gasteiger partial charge is 0.352 e. The second-order valence-corrected chi connectivity index (χ2v) is 15.3. The van der Waals surface area contributed by atoms with Gasteiger partial charge in [-0.3, -0.25) is 34.9 Å². The van der Waals surface area contributed by atoms with Crippen molar-refractivity contribution in [2.75, 3.05) is 17.2 Å². The number of benzene rings is 1. The Bertz CT molecular complexity index is 2310. The third-order valence-corrected chi connectivity index (χ3v) is 11.0. The number of nitrogens with zero attached hydrogens (tertiary/aromatic N) is 7. The number of thiazole rings is 1. The highest BCUT2D eigenvalue weighted by atomic mass is 32.2. The van der Waals surface area contributed by atoms with Crippen LogP contribution in [0, 0.1) is 6.92 Å². The number of aliphatic hydroxyl groups excluding tert-OH is 1. The van der Waals surface area contributed by atoms with Gasteiger partial charge in [0.25, 0.3) is 29.4 Å². The van der Waals surface area contributed by atoms with E-state index >= 15 is 0 Å². The van der Waals surface area contributed by atoms with Gasteiger partial charge in [-0.15, -0.1) is 40.0 Å². The average molecular weight is 814 g/mol. The predicted octanol–water partition coefficient (Wildman–Crippen LogP) is -0.134. The number of carbonyl (C=O) groups is 5. The molecule has 4 amide bonds. The van der Waals surface area contributed by atoms with Crippen LogP contribution in [0.25, 0.3) is 5.78 Å². The molecule has 3 aromatic heterocycles. The molecule has 288 valence electrons. The van der Waals surface area contributed by atoms with E-state index < -0.39 is 63.8 Å². The fourth-order valence-corrected chi connectivity index (χ4v) is 8.22. The number of fused-ring (bicyclic) bond motifs is 2. The highest BCUT2D eigenvalue weighted by Crippen LogP contribution is 2.41. The minimum Gasteiger partial charge on any atom is -0.504 e. The first kappa shape index (κ1) is 38.7. The normalized spacial score (nSPS) is 17.1. The van der Waals surface area contributed by atoms with Gasteiger partial charge in [-0.25, -0.2) is 14.8 Å². The average Bonchev–Trinajstić information content (AvgIpc) is 3.77. The Morgan fingerprint density at radius 3 is 2.56 bits per heavy atom. The van der Waals surface area contributed by atoms with Crippen LogP contribution in [0.15, 0.2) is 51.1 Å². The number of β-lactam (4-membered cyclic amide) rings is 1. The van der Waals surface area contributed by atoms with E-state index in [4.69, 9.17) is 10.6 Å². The number of aliphatic hydroxyl groups is 1. The molecule has 1 saturated heterocycles. The number of amides is 4. The molecule has 21 nitrogen and oxygen atoms in total. The van der Waals surface area contributed by atoms with E-state index in [1.807, 2.05) is 0 Å². The molecule has 2 aliphatic rings.